The van der Waals surface area contributed by atoms with Crippen molar-refractivity contribution < 1.29 is 27.5 Å². The van der Waals surface area contributed by atoms with E-state index in [0.29, 0.717) is 25.2 Å². The molecule has 34 heavy (non-hydrogen) atoms. The van der Waals surface area contributed by atoms with Crippen molar-refractivity contribution in [3.05, 3.63) is 60.2 Å². The molecule has 4 amide bonds. The summed E-state index contributed by atoms with van der Waals surface area (Å²) in [7, 11) is -3.74. The maximum Gasteiger partial charge on any atom is 0.325 e. The number of ether oxygens (including phenoxy) is 1. The number of morpholine rings is 1. The molecule has 180 valence electrons. The van der Waals surface area contributed by atoms with Crippen LogP contribution in [0.15, 0.2) is 59.5 Å². The Morgan fingerprint density at radius 2 is 1.79 bits per heavy atom. The highest BCUT2D eigenvalue weighted by Crippen LogP contribution is 2.32. The van der Waals surface area contributed by atoms with Crippen molar-refractivity contribution in [1.29, 1.82) is 0 Å². The minimum absolute atomic E-state index is 0.0382. The SMILES string of the molecule is CC[C@@]1(c2ccccc2)NC(=O)N(CC(=O)Nc2cccc(S(=O)(=O)N3CCOCC3)c2)C1=O. The minimum atomic E-state index is -3.74. The average molecular weight is 487 g/mol. The molecule has 0 unspecified atom stereocenters. The summed E-state index contributed by atoms with van der Waals surface area (Å²) in [5, 5.41) is 5.32. The number of rotatable bonds is 7. The largest absolute Gasteiger partial charge is 0.379 e. The summed E-state index contributed by atoms with van der Waals surface area (Å²) in [6.07, 6.45) is 0.321. The van der Waals surface area contributed by atoms with E-state index in [2.05, 4.69) is 10.6 Å². The van der Waals surface area contributed by atoms with Gasteiger partial charge in [0.1, 0.15) is 12.1 Å². The van der Waals surface area contributed by atoms with Gasteiger partial charge in [-0.1, -0.05) is 43.3 Å². The zero-order valence-corrected chi connectivity index (χ0v) is 19.5. The molecule has 2 aromatic carbocycles. The maximum atomic E-state index is 13.2. The Balaban J connectivity index is 1.47. The number of hydrogen-bond donors (Lipinski definition) is 2. The van der Waals surface area contributed by atoms with Crippen molar-refractivity contribution in [3.63, 3.8) is 0 Å². The van der Waals surface area contributed by atoms with E-state index in [0.717, 1.165) is 4.90 Å². The number of nitrogens with zero attached hydrogens (tertiary/aromatic N) is 2. The van der Waals surface area contributed by atoms with Crippen molar-refractivity contribution in [2.45, 2.75) is 23.8 Å². The van der Waals surface area contributed by atoms with E-state index >= 15 is 0 Å². The summed E-state index contributed by atoms with van der Waals surface area (Å²) in [4.78, 5) is 39.4. The zero-order chi connectivity index (χ0) is 24.3. The fourth-order valence-electron chi connectivity index (χ4n) is 4.15. The van der Waals surface area contributed by atoms with Crippen LogP contribution >= 0.6 is 0 Å². The molecule has 10 nitrogen and oxygen atoms in total. The Bertz CT molecular complexity index is 1200. The Morgan fingerprint density at radius 1 is 1.09 bits per heavy atom. The third kappa shape index (κ3) is 4.41. The van der Waals surface area contributed by atoms with Crippen LogP contribution in [-0.4, -0.2) is 68.3 Å². The molecule has 4 rings (SSSR count). The van der Waals surface area contributed by atoms with Crippen LogP contribution in [0.5, 0.6) is 0 Å². The van der Waals surface area contributed by atoms with Gasteiger partial charge < -0.3 is 15.4 Å². The van der Waals surface area contributed by atoms with Crippen LogP contribution in [0.1, 0.15) is 18.9 Å². The van der Waals surface area contributed by atoms with E-state index in [4.69, 9.17) is 4.74 Å². The van der Waals surface area contributed by atoms with Gasteiger partial charge in [-0.15, -0.1) is 0 Å². The predicted octanol–water partition coefficient (Wildman–Crippen LogP) is 1.50. The monoisotopic (exact) mass is 486 g/mol. The molecular formula is C23H26N4O6S. The molecule has 2 saturated heterocycles. The summed E-state index contributed by atoms with van der Waals surface area (Å²) >= 11 is 0. The van der Waals surface area contributed by atoms with E-state index < -0.39 is 40.0 Å². The Morgan fingerprint density at radius 3 is 2.47 bits per heavy atom. The van der Waals surface area contributed by atoms with Crippen LogP contribution in [0.4, 0.5) is 10.5 Å². The Hall–Kier alpha value is -3.28. The van der Waals surface area contributed by atoms with E-state index in [1.807, 2.05) is 6.07 Å². The van der Waals surface area contributed by atoms with Crippen LogP contribution < -0.4 is 10.6 Å². The number of nitrogens with one attached hydrogen (secondary N) is 2. The first-order chi connectivity index (χ1) is 16.3. The quantitative estimate of drug-likeness (QED) is 0.572. The molecule has 0 saturated carbocycles. The first-order valence-corrected chi connectivity index (χ1v) is 12.4. The molecule has 2 fully saturated rings. The fraction of sp³-hybridized carbons (Fsp3) is 0.348. The molecule has 2 aromatic rings. The Labute approximate surface area is 197 Å². The molecule has 2 aliphatic rings. The Kier molecular flexibility index (Phi) is 6.69. The second kappa shape index (κ2) is 9.53. The van der Waals surface area contributed by atoms with Crippen LogP contribution in [-0.2, 0) is 29.9 Å². The van der Waals surface area contributed by atoms with Gasteiger partial charge in [-0.05, 0) is 30.2 Å². The molecule has 0 radical (unpaired) electrons. The molecule has 2 heterocycles. The number of amides is 4. The number of carbonyl (C=O) groups excluding carboxylic acids is 3. The number of benzene rings is 2. The van der Waals surface area contributed by atoms with Crippen LogP contribution in [0.25, 0.3) is 0 Å². The van der Waals surface area contributed by atoms with E-state index in [1.54, 1.807) is 37.3 Å². The lowest BCUT2D eigenvalue weighted by Gasteiger charge is -2.26. The summed E-state index contributed by atoms with van der Waals surface area (Å²) in [5.41, 5.74) is -0.346. The van der Waals surface area contributed by atoms with Crippen molar-refractivity contribution in [3.8, 4) is 0 Å². The fourth-order valence-corrected chi connectivity index (χ4v) is 5.60. The smallest absolute Gasteiger partial charge is 0.325 e. The van der Waals surface area contributed by atoms with E-state index in [1.165, 1.54) is 22.5 Å². The zero-order valence-electron chi connectivity index (χ0n) is 18.7. The summed E-state index contributed by atoms with van der Waals surface area (Å²) in [6.45, 7) is 2.44. The summed E-state index contributed by atoms with van der Waals surface area (Å²) in [5.74, 6) is -1.13. The van der Waals surface area contributed by atoms with Crippen molar-refractivity contribution in [2.24, 2.45) is 0 Å². The molecule has 0 aromatic heterocycles. The van der Waals surface area contributed by atoms with Gasteiger partial charge in [0.05, 0.1) is 18.1 Å². The number of urea groups is 1. The van der Waals surface area contributed by atoms with E-state index in [9.17, 15) is 22.8 Å². The molecule has 0 aliphatic carbocycles. The molecule has 2 N–H and O–H groups in total. The number of hydrogen-bond acceptors (Lipinski definition) is 6. The highest BCUT2D eigenvalue weighted by atomic mass is 32.2. The molecular weight excluding hydrogens is 460 g/mol. The number of anilines is 1. The molecule has 11 heteroatoms. The van der Waals surface area contributed by atoms with Crippen molar-refractivity contribution >= 4 is 33.6 Å². The van der Waals surface area contributed by atoms with Gasteiger partial charge >= 0.3 is 6.03 Å². The lowest BCUT2D eigenvalue weighted by molar-refractivity contribution is -0.134. The van der Waals surface area contributed by atoms with Gasteiger partial charge in [0, 0.05) is 18.8 Å². The maximum absolute atomic E-state index is 13.2. The van der Waals surface area contributed by atoms with Gasteiger partial charge in [0.15, 0.2) is 0 Å². The third-order valence-corrected chi connectivity index (χ3v) is 7.89. The lowest BCUT2D eigenvalue weighted by Crippen LogP contribution is -2.44. The number of carbonyl (C=O) groups is 3. The molecule has 2 aliphatic heterocycles. The number of imide groups is 1. The summed E-state index contributed by atoms with van der Waals surface area (Å²) < 4.78 is 32.3. The topological polar surface area (TPSA) is 125 Å². The van der Waals surface area contributed by atoms with Gasteiger partial charge in [-0.2, -0.15) is 4.31 Å². The van der Waals surface area contributed by atoms with Crippen LogP contribution in [0.2, 0.25) is 0 Å². The van der Waals surface area contributed by atoms with Crippen LogP contribution in [0, 0.1) is 0 Å². The molecule has 0 bridgehead atoms. The standard InChI is InChI=1S/C23H26N4O6S/c1-2-23(17-7-4-3-5-8-17)21(29)27(22(30)25-23)16-20(28)24-18-9-6-10-19(15-18)34(31,32)26-11-13-33-14-12-26/h3-10,15H,2,11-14,16H2,1H3,(H,24,28)(H,25,30)/t23-/m0/s1. The second-order valence-corrected chi connectivity index (χ2v) is 9.98. The summed E-state index contributed by atoms with van der Waals surface area (Å²) in [6, 6.07) is 14.1. The lowest BCUT2D eigenvalue weighted by atomic mass is 9.87. The number of sulfonamides is 1. The normalized spacial score (nSPS) is 21.4. The van der Waals surface area contributed by atoms with Gasteiger partial charge in [-0.3, -0.25) is 14.5 Å². The third-order valence-electron chi connectivity index (χ3n) is 6.00. The van der Waals surface area contributed by atoms with Gasteiger partial charge in [0.25, 0.3) is 5.91 Å². The van der Waals surface area contributed by atoms with Crippen molar-refractivity contribution in [1.82, 2.24) is 14.5 Å². The highest BCUT2D eigenvalue weighted by molar-refractivity contribution is 7.89. The van der Waals surface area contributed by atoms with Crippen molar-refractivity contribution in [2.75, 3.05) is 38.2 Å². The minimum Gasteiger partial charge on any atom is -0.379 e. The molecule has 0 spiro atoms. The first-order valence-electron chi connectivity index (χ1n) is 11.0. The average Bonchev–Trinajstić information content (AvgIpc) is 3.10. The van der Waals surface area contributed by atoms with Gasteiger partial charge in [-0.25, -0.2) is 13.2 Å². The first kappa shape index (κ1) is 23.9. The predicted molar refractivity (Wildman–Crippen MR) is 123 cm³/mol. The van der Waals surface area contributed by atoms with E-state index in [-0.39, 0.29) is 23.7 Å². The van der Waals surface area contributed by atoms with Gasteiger partial charge in [0.2, 0.25) is 15.9 Å². The molecule has 1 atom stereocenters. The second-order valence-electron chi connectivity index (χ2n) is 8.04. The highest BCUT2D eigenvalue weighted by Gasteiger charge is 2.51. The van der Waals surface area contributed by atoms with Crippen LogP contribution in [0.3, 0.4) is 0 Å².